The van der Waals surface area contributed by atoms with Gasteiger partial charge in [0.2, 0.25) is 5.91 Å². The molecule has 1 aromatic heterocycles. The van der Waals surface area contributed by atoms with Crippen LogP contribution in [-0.2, 0) is 11.2 Å². The zero-order valence-electron chi connectivity index (χ0n) is 9.40. The highest BCUT2D eigenvalue weighted by Gasteiger charge is 2.03. The molecule has 0 saturated carbocycles. The van der Waals surface area contributed by atoms with E-state index < -0.39 is 0 Å². The molecule has 0 unspecified atom stereocenters. The molecule has 0 bridgehead atoms. The van der Waals surface area contributed by atoms with E-state index in [0.29, 0.717) is 6.54 Å². The Morgan fingerprint density at radius 1 is 1.35 bits per heavy atom. The third-order valence-electron chi connectivity index (χ3n) is 2.58. The largest absolute Gasteiger partial charge is 0.361 e. The molecule has 0 radical (unpaired) electrons. The first-order valence-electron chi connectivity index (χ1n) is 5.33. The Morgan fingerprint density at radius 3 is 2.88 bits per heavy atom. The van der Waals surface area contributed by atoms with E-state index in [2.05, 4.69) is 16.4 Å². The predicted molar refractivity (Wildman–Crippen MR) is 71.3 cm³/mol. The summed E-state index contributed by atoms with van der Waals surface area (Å²) in [5.74, 6) is -0.111. The van der Waals surface area contributed by atoms with Gasteiger partial charge in [-0.05, 0) is 18.1 Å². The Hall–Kier alpha value is -1.52. The van der Waals surface area contributed by atoms with Crippen molar-refractivity contribution >= 4 is 29.2 Å². The van der Waals surface area contributed by atoms with Crippen LogP contribution in [0.5, 0.6) is 0 Å². The van der Waals surface area contributed by atoms with Crippen molar-refractivity contribution in [1.29, 1.82) is 0 Å². The molecule has 2 rings (SSSR count). The molecule has 0 aliphatic rings. The van der Waals surface area contributed by atoms with Crippen molar-refractivity contribution in [2.24, 2.45) is 5.73 Å². The summed E-state index contributed by atoms with van der Waals surface area (Å²) in [6, 6.07) is 8.13. The van der Waals surface area contributed by atoms with Crippen LogP contribution in [0.15, 0.2) is 30.5 Å². The summed E-state index contributed by atoms with van der Waals surface area (Å²) in [6.45, 7) is 0.672. The molecule has 0 atom stereocenters. The van der Waals surface area contributed by atoms with Gasteiger partial charge in [0, 0.05) is 23.6 Å². The normalized spacial score (nSPS) is 9.94. The maximum absolute atomic E-state index is 11.0. The van der Waals surface area contributed by atoms with Crippen molar-refractivity contribution in [3.63, 3.8) is 0 Å². The van der Waals surface area contributed by atoms with Gasteiger partial charge in [-0.15, -0.1) is 12.4 Å². The van der Waals surface area contributed by atoms with Crippen molar-refractivity contribution in [3.8, 4) is 0 Å². The molecule has 92 valence electrons. The van der Waals surface area contributed by atoms with Crippen molar-refractivity contribution < 1.29 is 4.79 Å². The molecular formula is C12H16ClN3O. The number of para-hydroxylation sites is 1. The fourth-order valence-electron chi connectivity index (χ4n) is 1.75. The molecule has 17 heavy (non-hydrogen) atoms. The van der Waals surface area contributed by atoms with Gasteiger partial charge in [0.05, 0.1) is 6.54 Å². The van der Waals surface area contributed by atoms with E-state index in [-0.39, 0.29) is 24.9 Å². The van der Waals surface area contributed by atoms with E-state index in [0.717, 1.165) is 11.9 Å². The molecule has 0 saturated heterocycles. The molecular weight excluding hydrogens is 238 g/mol. The number of aromatic nitrogens is 1. The fraction of sp³-hybridized carbons (Fsp3) is 0.250. The third kappa shape index (κ3) is 3.22. The highest BCUT2D eigenvalue weighted by Crippen LogP contribution is 2.17. The molecule has 0 aliphatic carbocycles. The van der Waals surface area contributed by atoms with E-state index in [1.165, 1.54) is 10.9 Å². The second-order valence-electron chi connectivity index (χ2n) is 3.66. The van der Waals surface area contributed by atoms with Crippen molar-refractivity contribution in [3.05, 3.63) is 36.0 Å². The minimum Gasteiger partial charge on any atom is -0.361 e. The van der Waals surface area contributed by atoms with Gasteiger partial charge in [0.15, 0.2) is 0 Å². The molecule has 1 aromatic carbocycles. The van der Waals surface area contributed by atoms with E-state index in [1.807, 2.05) is 24.4 Å². The van der Waals surface area contributed by atoms with Crippen molar-refractivity contribution in [2.75, 3.05) is 13.1 Å². The standard InChI is InChI=1S/C12H15N3O.ClH/c13-7-12(16)14-6-5-9-8-15-11-4-2-1-3-10(9)11;/h1-4,8,15H,5-7,13H2,(H,14,16);1H. The average molecular weight is 254 g/mol. The molecule has 2 aromatic rings. The number of fused-ring (bicyclic) bond motifs is 1. The number of hydrogen-bond donors (Lipinski definition) is 3. The Balaban J connectivity index is 0.00000144. The molecule has 4 nitrogen and oxygen atoms in total. The topological polar surface area (TPSA) is 70.9 Å². The Kier molecular flexibility index (Phi) is 5.00. The molecule has 0 fully saturated rings. The van der Waals surface area contributed by atoms with E-state index in [4.69, 9.17) is 5.73 Å². The van der Waals surface area contributed by atoms with Crippen LogP contribution < -0.4 is 11.1 Å². The van der Waals surface area contributed by atoms with Gasteiger partial charge in [-0.1, -0.05) is 18.2 Å². The smallest absolute Gasteiger partial charge is 0.233 e. The SMILES string of the molecule is Cl.NCC(=O)NCCc1c[nH]c2ccccc12. The lowest BCUT2D eigenvalue weighted by molar-refractivity contribution is -0.119. The monoisotopic (exact) mass is 253 g/mol. The summed E-state index contributed by atoms with van der Waals surface area (Å²) < 4.78 is 0. The average Bonchev–Trinajstić information content (AvgIpc) is 2.73. The van der Waals surface area contributed by atoms with Crippen LogP contribution in [-0.4, -0.2) is 24.0 Å². The number of nitrogens with one attached hydrogen (secondary N) is 2. The number of nitrogens with two attached hydrogens (primary N) is 1. The van der Waals surface area contributed by atoms with Gasteiger partial charge in [-0.3, -0.25) is 4.79 Å². The second kappa shape index (κ2) is 6.27. The van der Waals surface area contributed by atoms with Crippen LogP contribution in [0.25, 0.3) is 10.9 Å². The van der Waals surface area contributed by atoms with Gasteiger partial charge in [-0.25, -0.2) is 0 Å². The molecule has 0 spiro atoms. The Morgan fingerprint density at radius 2 is 2.12 bits per heavy atom. The highest BCUT2D eigenvalue weighted by molar-refractivity contribution is 5.85. The van der Waals surface area contributed by atoms with Crippen molar-refractivity contribution in [2.45, 2.75) is 6.42 Å². The first-order valence-corrected chi connectivity index (χ1v) is 5.33. The molecule has 5 heteroatoms. The lowest BCUT2D eigenvalue weighted by atomic mass is 10.1. The Bertz CT molecular complexity index is 495. The summed E-state index contributed by atoms with van der Waals surface area (Å²) in [7, 11) is 0. The molecule has 4 N–H and O–H groups in total. The maximum Gasteiger partial charge on any atom is 0.233 e. The van der Waals surface area contributed by atoms with Gasteiger partial charge in [0.25, 0.3) is 0 Å². The fourth-order valence-corrected chi connectivity index (χ4v) is 1.75. The minimum absolute atomic E-state index is 0. The van der Waals surface area contributed by atoms with Crippen LogP contribution in [0.4, 0.5) is 0 Å². The second-order valence-corrected chi connectivity index (χ2v) is 3.66. The van der Waals surface area contributed by atoms with Crippen LogP contribution >= 0.6 is 12.4 Å². The third-order valence-corrected chi connectivity index (χ3v) is 2.58. The first-order chi connectivity index (χ1) is 7.81. The van der Waals surface area contributed by atoms with E-state index >= 15 is 0 Å². The summed E-state index contributed by atoms with van der Waals surface area (Å²) in [4.78, 5) is 14.2. The number of H-pyrrole nitrogens is 1. The summed E-state index contributed by atoms with van der Waals surface area (Å²) in [5, 5.41) is 3.97. The first kappa shape index (κ1) is 13.5. The maximum atomic E-state index is 11.0. The molecule has 1 heterocycles. The summed E-state index contributed by atoms with van der Waals surface area (Å²) >= 11 is 0. The number of rotatable bonds is 4. The number of carbonyl (C=O) groups excluding carboxylic acids is 1. The lowest BCUT2D eigenvalue weighted by Gasteiger charge is -2.02. The lowest BCUT2D eigenvalue weighted by Crippen LogP contribution is -2.31. The number of halogens is 1. The minimum atomic E-state index is -0.111. The van der Waals surface area contributed by atoms with Crippen molar-refractivity contribution in [1.82, 2.24) is 10.3 Å². The summed E-state index contributed by atoms with van der Waals surface area (Å²) in [6.07, 6.45) is 2.80. The van der Waals surface area contributed by atoms with Crippen LogP contribution in [0.3, 0.4) is 0 Å². The molecule has 1 amide bonds. The number of hydrogen-bond acceptors (Lipinski definition) is 2. The van der Waals surface area contributed by atoms with Gasteiger partial charge in [-0.2, -0.15) is 0 Å². The van der Waals surface area contributed by atoms with Gasteiger partial charge < -0.3 is 16.0 Å². The highest BCUT2D eigenvalue weighted by atomic mass is 35.5. The van der Waals surface area contributed by atoms with Gasteiger partial charge >= 0.3 is 0 Å². The Labute approximate surface area is 106 Å². The number of carbonyl (C=O) groups is 1. The zero-order chi connectivity index (χ0) is 11.4. The number of aromatic amines is 1. The van der Waals surface area contributed by atoms with Gasteiger partial charge in [0.1, 0.15) is 0 Å². The predicted octanol–water partition coefficient (Wildman–Crippen LogP) is 1.21. The quantitative estimate of drug-likeness (QED) is 0.767. The van der Waals surface area contributed by atoms with Crippen LogP contribution in [0.1, 0.15) is 5.56 Å². The van der Waals surface area contributed by atoms with E-state index in [1.54, 1.807) is 0 Å². The van der Waals surface area contributed by atoms with E-state index in [9.17, 15) is 4.79 Å². The van der Waals surface area contributed by atoms with Crippen LogP contribution in [0, 0.1) is 0 Å². The number of amides is 1. The van der Waals surface area contributed by atoms with Crippen LogP contribution in [0.2, 0.25) is 0 Å². The zero-order valence-corrected chi connectivity index (χ0v) is 10.2. The molecule has 0 aliphatic heterocycles. The summed E-state index contributed by atoms with van der Waals surface area (Å²) in [5.41, 5.74) is 7.55. The number of benzene rings is 1.